The molecule has 3 nitrogen and oxygen atoms in total. The normalized spacial score (nSPS) is 15.5. The van der Waals surface area contributed by atoms with Crippen molar-refractivity contribution in [1.82, 2.24) is 0 Å². The van der Waals surface area contributed by atoms with Crippen molar-refractivity contribution in [2.24, 2.45) is 0 Å². The third-order valence-corrected chi connectivity index (χ3v) is 2.31. The Kier molecular flexibility index (Phi) is 3.10. The van der Waals surface area contributed by atoms with E-state index in [-0.39, 0.29) is 6.42 Å². The van der Waals surface area contributed by atoms with E-state index >= 15 is 0 Å². The van der Waals surface area contributed by atoms with E-state index in [1.54, 1.807) is 0 Å². The van der Waals surface area contributed by atoms with Gasteiger partial charge in [0, 0.05) is 6.42 Å². The zero-order chi connectivity index (χ0) is 8.97. The molecule has 0 spiro atoms. The molecule has 4 heteroatoms. The van der Waals surface area contributed by atoms with Gasteiger partial charge in [-0.15, -0.1) is 11.8 Å². The molecule has 1 aliphatic rings. The van der Waals surface area contributed by atoms with Crippen LogP contribution >= 0.6 is 11.8 Å². The fraction of sp³-hybridized carbons (Fsp3) is 0.250. The van der Waals surface area contributed by atoms with Crippen LogP contribution in [0, 0.1) is 0 Å². The molecule has 0 aromatic heterocycles. The first-order chi connectivity index (χ1) is 5.70. The molecule has 0 radical (unpaired) electrons. The summed E-state index contributed by atoms with van der Waals surface area (Å²) in [4.78, 5) is 21.7. The van der Waals surface area contributed by atoms with Gasteiger partial charge in [0.2, 0.25) is 5.78 Å². The molecule has 0 saturated heterocycles. The molecule has 0 atom stereocenters. The van der Waals surface area contributed by atoms with Gasteiger partial charge in [-0.25, -0.2) is 4.79 Å². The third-order valence-electron chi connectivity index (χ3n) is 1.37. The molecule has 12 heavy (non-hydrogen) atoms. The Hall–Kier alpha value is -1.03. The first kappa shape index (κ1) is 9.06. The summed E-state index contributed by atoms with van der Waals surface area (Å²) in [5.41, 5.74) is 0. The number of carboxylic acids is 1. The molecule has 0 aliphatic carbocycles. The maximum Gasteiger partial charge on any atom is 0.372 e. The number of hydrogen-bond donors (Lipinski definition) is 1. The van der Waals surface area contributed by atoms with Crippen molar-refractivity contribution in [2.75, 3.05) is 0 Å². The number of aliphatic carboxylic acids is 1. The van der Waals surface area contributed by atoms with Crippen molar-refractivity contribution in [3.8, 4) is 0 Å². The Morgan fingerprint density at radius 3 is 2.83 bits per heavy atom. The Labute approximate surface area is 74.1 Å². The van der Waals surface area contributed by atoms with Gasteiger partial charge in [0.15, 0.2) is 0 Å². The zero-order valence-corrected chi connectivity index (χ0v) is 7.13. The monoisotopic (exact) mass is 184 g/mol. The predicted molar refractivity (Wildman–Crippen MR) is 46.7 cm³/mol. The summed E-state index contributed by atoms with van der Waals surface area (Å²) in [6, 6.07) is 0. The second-order valence-corrected chi connectivity index (χ2v) is 3.33. The van der Waals surface area contributed by atoms with Crippen molar-refractivity contribution >= 4 is 23.5 Å². The molecule has 0 bridgehead atoms. The molecule has 1 N–H and O–H groups in total. The topological polar surface area (TPSA) is 54.4 Å². The summed E-state index contributed by atoms with van der Waals surface area (Å²) in [5.74, 6) is -2.10. The van der Waals surface area contributed by atoms with E-state index in [2.05, 4.69) is 0 Å². The summed E-state index contributed by atoms with van der Waals surface area (Å²) in [5, 5.41) is 10.2. The maximum atomic E-state index is 10.7. The number of ketones is 1. The minimum atomic E-state index is -1.36. The van der Waals surface area contributed by atoms with Crippen LogP contribution in [0.15, 0.2) is 22.5 Å². The minimum Gasteiger partial charge on any atom is -0.475 e. The summed E-state index contributed by atoms with van der Waals surface area (Å²) in [6.45, 7) is 0. The average Bonchev–Trinajstić information content (AvgIpc) is 2.06. The van der Waals surface area contributed by atoms with Crippen LogP contribution < -0.4 is 0 Å². The van der Waals surface area contributed by atoms with Gasteiger partial charge >= 0.3 is 5.97 Å². The van der Waals surface area contributed by atoms with Gasteiger partial charge in [-0.2, -0.15) is 0 Å². The molecule has 0 unspecified atom stereocenters. The van der Waals surface area contributed by atoms with Crippen molar-refractivity contribution in [2.45, 2.75) is 12.8 Å². The number of allylic oxidation sites excluding steroid dienone is 3. The second-order valence-electron chi connectivity index (χ2n) is 2.30. The van der Waals surface area contributed by atoms with Crippen molar-refractivity contribution in [1.29, 1.82) is 0 Å². The fourth-order valence-corrected chi connectivity index (χ4v) is 1.58. The van der Waals surface area contributed by atoms with E-state index in [9.17, 15) is 9.59 Å². The highest BCUT2D eigenvalue weighted by molar-refractivity contribution is 8.05. The van der Waals surface area contributed by atoms with E-state index in [1.165, 1.54) is 11.8 Å². The lowest BCUT2D eigenvalue weighted by Crippen LogP contribution is -2.12. The van der Waals surface area contributed by atoms with E-state index in [0.717, 1.165) is 11.3 Å². The maximum absolute atomic E-state index is 10.7. The lowest BCUT2D eigenvalue weighted by Gasteiger charge is -2.04. The summed E-state index contributed by atoms with van der Waals surface area (Å²) in [6.07, 6.45) is 4.63. The lowest BCUT2D eigenvalue weighted by atomic mass is 10.2. The minimum absolute atomic E-state index is 0.0182. The van der Waals surface area contributed by atoms with E-state index < -0.39 is 11.8 Å². The van der Waals surface area contributed by atoms with Crippen LogP contribution in [0.1, 0.15) is 12.8 Å². The molecular weight excluding hydrogens is 176 g/mol. The number of carboxylic acid groups (broad SMARTS) is 1. The first-order valence-electron chi connectivity index (χ1n) is 3.47. The van der Waals surface area contributed by atoms with Gasteiger partial charge < -0.3 is 5.11 Å². The first-order valence-corrected chi connectivity index (χ1v) is 4.35. The van der Waals surface area contributed by atoms with Crippen LogP contribution in [-0.2, 0) is 9.59 Å². The van der Waals surface area contributed by atoms with Gasteiger partial charge in [0.1, 0.15) is 0 Å². The quantitative estimate of drug-likeness (QED) is 0.676. The van der Waals surface area contributed by atoms with Gasteiger partial charge in [-0.05, 0) is 16.7 Å². The average molecular weight is 184 g/mol. The van der Waals surface area contributed by atoms with E-state index in [4.69, 9.17) is 5.11 Å². The lowest BCUT2D eigenvalue weighted by molar-refractivity contribution is -0.148. The van der Waals surface area contributed by atoms with Crippen LogP contribution in [0.3, 0.4) is 0 Å². The van der Waals surface area contributed by atoms with Crippen molar-refractivity contribution < 1.29 is 14.7 Å². The molecule has 64 valence electrons. The molecule has 1 heterocycles. The van der Waals surface area contributed by atoms with Crippen molar-refractivity contribution in [3.63, 3.8) is 0 Å². The van der Waals surface area contributed by atoms with Crippen LogP contribution in [0.4, 0.5) is 0 Å². The van der Waals surface area contributed by atoms with E-state index in [1.807, 2.05) is 17.6 Å². The number of hydrogen-bond acceptors (Lipinski definition) is 3. The highest BCUT2D eigenvalue weighted by Crippen LogP contribution is 2.25. The Morgan fingerprint density at radius 1 is 1.58 bits per heavy atom. The SMILES string of the molecule is O=C(O)C(=O)CC1=CCC=CS1. The van der Waals surface area contributed by atoms with E-state index in [0.29, 0.717) is 0 Å². The number of carbonyl (C=O) groups is 2. The number of Topliss-reactive ketones (excluding diaryl/α,β-unsaturated/α-hetero) is 1. The molecule has 0 amide bonds. The van der Waals surface area contributed by atoms with Crippen LogP contribution in [0.25, 0.3) is 0 Å². The third kappa shape index (κ3) is 2.54. The number of thioether (sulfide) groups is 1. The molecule has 0 saturated carbocycles. The molecule has 0 fully saturated rings. The zero-order valence-electron chi connectivity index (χ0n) is 6.32. The van der Waals surface area contributed by atoms with Gasteiger partial charge in [-0.1, -0.05) is 12.2 Å². The highest BCUT2D eigenvalue weighted by atomic mass is 32.2. The second kappa shape index (κ2) is 4.11. The summed E-state index contributed by atoms with van der Waals surface area (Å²) >= 11 is 1.41. The molecule has 1 aliphatic heterocycles. The number of carbonyl (C=O) groups excluding carboxylic acids is 1. The van der Waals surface area contributed by atoms with Gasteiger partial charge in [0.05, 0.1) is 0 Å². The van der Waals surface area contributed by atoms with Gasteiger partial charge in [-0.3, -0.25) is 4.79 Å². The van der Waals surface area contributed by atoms with Crippen LogP contribution in [0.2, 0.25) is 0 Å². The summed E-state index contributed by atoms with van der Waals surface area (Å²) < 4.78 is 0. The Balaban J connectivity index is 2.46. The largest absolute Gasteiger partial charge is 0.475 e. The van der Waals surface area contributed by atoms with Crippen molar-refractivity contribution in [3.05, 3.63) is 22.5 Å². The Morgan fingerprint density at radius 2 is 2.33 bits per heavy atom. The molecule has 0 aromatic carbocycles. The molecule has 1 rings (SSSR count). The van der Waals surface area contributed by atoms with Crippen LogP contribution in [-0.4, -0.2) is 16.9 Å². The van der Waals surface area contributed by atoms with Crippen LogP contribution in [0.5, 0.6) is 0 Å². The number of rotatable bonds is 3. The standard InChI is InChI=1S/C8H8O3S/c9-7(8(10)11)5-6-3-1-2-4-12-6/h2-4H,1,5H2,(H,10,11). The predicted octanol–water partition coefficient (Wildman–Crippen LogP) is 1.56. The molecular formula is C8H8O3S. The fourth-order valence-electron chi connectivity index (χ4n) is 0.786. The Bertz CT molecular complexity index is 265. The van der Waals surface area contributed by atoms with Gasteiger partial charge in [0.25, 0.3) is 0 Å². The highest BCUT2D eigenvalue weighted by Gasteiger charge is 2.13. The smallest absolute Gasteiger partial charge is 0.372 e. The summed E-state index contributed by atoms with van der Waals surface area (Å²) in [7, 11) is 0. The molecule has 0 aromatic rings.